The summed E-state index contributed by atoms with van der Waals surface area (Å²) in [6, 6.07) is 9.05. The van der Waals surface area contributed by atoms with Crippen molar-refractivity contribution in [2.75, 3.05) is 16.4 Å². The number of hydrogen-bond donors (Lipinski definition) is 3. The lowest BCUT2D eigenvalue weighted by Gasteiger charge is -2.12. The number of nitrogens with two attached hydrogens (primary N) is 1. The molecule has 0 saturated heterocycles. The molecule has 0 saturated carbocycles. The summed E-state index contributed by atoms with van der Waals surface area (Å²) < 4.78 is 4.99. The minimum Gasteiger partial charge on any atom is -0.393 e. The van der Waals surface area contributed by atoms with Crippen LogP contribution in [0.5, 0.6) is 0 Å². The Bertz CT molecular complexity index is 804. The molecule has 0 aliphatic heterocycles. The Morgan fingerprint density at radius 1 is 1.14 bits per heavy atom. The highest BCUT2D eigenvalue weighted by Gasteiger charge is 2.11. The molecule has 0 unspecified atom stereocenters. The first-order valence-corrected chi connectivity index (χ1v) is 6.83. The van der Waals surface area contributed by atoms with E-state index in [-0.39, 0.29) is 0 Å². The molecule has 0 bridgehead atoms. The number of hydrogen-bond acceptors (Lipinski definition) is 7. The fourth-order valence-corrected chi connectivity index (χ4v) is 2.01. The number of nitrogen functional groups attached to an aromatic ring is 1. The van der Waals surface area contributed by atoms with Gasteiger partial charge in [0, 0.05) is 6.07 Å². The maximum absolute atomic E-state index is 6.11. The van der Waals surface area contributed by atoms with Crippen LogP contribution in [0.2, 0.25) is 5.02 Å². The van der Waals surface area contributed by atoms with Crippen LogP contribution >= 0.6 is 11.6 Å². The van der Waals surface area contributed by atoms with Crippen LogP contribution in [0.1, 0.15) is 5.76 Å². The first kappa shape index (κ1) is 14.2. The molecule has 3 aromatic rings. The Morgan fingerprint density at radius 2 is 1.86 bits per heavy atom. The summed E-state index contributed by atoms with van der Waals surface area (Å²) in [6.45, 7) is 1.80. The number of benzene rings is 1. The van der Waals surface area contributed by atoms with Gasteiger partial charge in [-0.05, 0) is 19.1 Å². The molecule has 0 spiro atoms. The van der Waals surface area contributed by atoms with Gasteiger partial charge in [0.1, 0.15) is 17.8 Å². The molecule has 0 atom stereocenters. The Hall–Kier alpha value is -2.80. The van der Waals surface area contributed by atoms with Crippen molar-refractivity contribution < 1.29 is 4.52 Å². The normalized spacial score (nSPS) is 10.5. The molecule has 112 valence electrons. The second-order valence-electron chi connectivity index (χ2n) is 4.54. The van der Waals surface area contributed by atoms with Gasteiger partial charge < -0.3 is 20.9 Å². The van der Waals surface area contributed by atoms with Crippen LogP contribution in [0.25, 0.3) is 0 Å². The van der Waals surface area contributed by atoms with Gasteiger partial charge in [-0.15, -0.1) is 0 Å². The number of para-hydroxylation sites is 1. The van der Waals surface area contributed by atoms with E-state index in [1.165, 1.54) is 6.33 Å². The maximum atomic E-state index is 6.11. The Balaban J connectivity index is 1.87. The molecular formula is C14H13ClN6O. The van der Waals surface area contributed by atoms with E-state index >= 15 is 0 Å². The molecule has 0 amide bonds. The topological polar surface area (TPSA) is 102 Å². The van der Waals surface area contributed by atoms with Crippen LogP contribution in [0.3, 0.4) is 0 Å². The van der Waals surface area contributed by atoms with E-state index in [4.69, 9.17) is 21.9 Å². The van der Waals surface area contributed by atoms with Gasteiger partial charge in [0.25, 0.3) is 0 Å². The van der Waals surface area contributed by atoms with Gasteiger partial charge in [0.2, 0.25) is 0 Å². The predicted octanol–water partition coefficient (Wildman–Crippen LogP) is 3.50. The van der Waals surface area contributed by atoms with E-state index in [0.717, 1.165) is 0 Å². The van der Waals surface area contributed by atoms with Crippen molar-refractivity contribution in [3.63, 3.8) is 0 Å². The average Bonchev–Trinajstić information content (AvgIpc) is 2.91. The molecule has 0 aliphatic rings. The highest BCUT2D eigenvalue weighted by Crippen LogP contribution is 2.30. The summed E-state index contributed by atoms with van der Waals surface area (Å²) in [5, 5.41) is 10.5. The number of nitrogens with zero attached hydrogens (tertiary/aromatic N) is 3. The third-order valence-corrected chi connectivity index (χ3v) is 3.21. The summed E-state index contributed by atoms with van der Waals surface area (Å²) in [4.78, 5) is 8.24. The molecule has 4 N–H and O–H groups in total. The van der Waals surface area contributed by atoms with Gasteiger partial charge >= 0.3 is 0 Å². The van der Waals surface area contributed by atoms with Crippen molar-refractivity contribution in [2.24, 2.45) is 0 Å². The molecule has 2 heterocycles. The Kier molecular flexibility index (Phi) is 3.80. The second kappa shape index (κ2) is 5.90. The van der Waals surface area contributed by atoms with Crippen LogP contribution in [0, 0.1) is 6.92 Å². The lowest BCUT2D eigenvalue weighted by molar-refractivity contribution is 0.400. The molecular weight excluding hydrogens is 304 g/mol. The van der Waals surface area contributed by atoms with Crippen LogP contribution in [-0.2, 0) is 0 Å². The summed E-state index contributed by atoms with van der Waals surface area (Å²) in [7, 11) is 0. The standard InChI is InChI=1S/C14H13ClN6O/c1-8-6-11(21-22-8)20-14-12(16)13(17-7-18-14)19-10-5-3-2-4-9(10)15/h2-7H,16H2,1H3,(H2,17,18,19,20,21). The average molecular weight is 317 g/mol. The van der Waals surface area contributed by atoms with E-state index in [9.17, 15) is 0 Å². The van der Waals surface area contributed by atoms with Gasteiger partial charge in [-0.1, -0.05) is 28.9 Å². The molecule has 8 heteroatoms. The van der Waals surface area contributed by atoms with E-state index in [0.29, 0.717) is 39.6 Å². The fourth-order valence-electron chi connectivity index (χ4n) is 1.83. The SMILES string of the molecule is Cc1cc(Nc2ncnc(Nc3ccccc3Cl)c2N)no1. The van der Waals surface area contributed by atoms with Crippen molar-refractivity contribution in [3.8, 4) is 0 Å². The third kappa shape index (κ3) is 2.94. The highest BCUT2D eigenvalue weighted by molar-refractivity contribution is 6.33. The van der Waals surface area contributed by atoms with Crippen molar-refractivity contribution >= 4 is 40.4 Å². The zero-order valence-corrected chi connectivity index (χ0v) is 12.4. The van der Waals surface area contributed by atoms with Crippen LogP contribution in [0.4, 0.5) is 28.8 Å². The number of rotatable bonds is 4. The molecule has 0 radical (unpaired) electrons. The van der Waals surface area contributed by atoms with E-state index in [2.05, 4.69) is 25.8 Å². The third-order valence-electron chi connectivity index (χ3n) is 2.89. The van der Waals surface area contributed by atoms with Gasteiger partial charge in [-0.25, -0.2) is 9.97 Å². The molecule has 2 aromatic heterocycles. The number of anilines is 5. The lowest BCUT2D eigenvalue weighted by atomic mass is 10.3. The van der Waals surface area contributed by atoms with E-state index < -0.39 is 0 Å². The van der Waals surface area contributed by atoms with E-state index in [1.54, 1.807) is 19.1 Å². The summed E-state index contributed by atoms with van der Waals surface area (Å²) in [6.07, 6.45) is 1.39. The van der Waals surface area contributed by atoms with Gasteiger partial charge in [0.05, 0.1) is 10.7 Å². The van der Waals surface area contributed by atoms with Crippen molar-refractivity contribution in [3.05, 3.63) is 47.4 Å². The maximum Gasteiger partial charge on any atom is 0.175 e. The molecule has 7 nitrogen and oxygen atoms in total. The van der Waals surface area contributed by atoms with Crippen LogP contribution in [-0.4, -0.2) is 15.1 Å². The minimum atomic E-state index is 0.350. The summed E-state index contributed by atoms with van der Waals surface area (Å²) in [5.74, 6) is 2.08. The zero-order valence-electron chi connectivity index (χ0n) is 11.7. The zero-order chi connectivity index (χ0) is 15.5. The molecule has 22 heavy (non-hydrogen) atoms. The van der Waals surface area contributed by atoms with Crippen molar-refractivity contribution in [2.45, 2.75) is 6.92 Å². The number of halogens is 1. The summed E-state index contributed by atoms with van der Waals surface area (Å²) in [5.41, 5.74) is 7.14. The van der Waals surface area contributed by atoms with Gasteiger partial charge in [-0.2, -0.15) is 0 Å². The largest absolute Gasteiger partial charge is 0.393 e. The second-order valence-corrected chi connectivity index (χ2v) is 4.94. The lowest BCUT2D eigenvalue weighted by Crippen LogP contribution is -2.05. The quantitative estimate of drug-likeness (QED) is 0.677. The molecule has 0 aliphatic carbocycles. The van der Waals surface area contributed by atoms with Gasteiger partial charge in [0.15, 0.2) is 17.5 Å². The number of aryl methyl sites for hydroxylation is 1. The first-order valence-electron chi connectivity index (χ1n) is 6.46. The number of aromatic nitrogens is 3. The van der Waals surface area contributed by atoms with E-state index in [1.807, 2.05) is 18.2 Å². The number of nitrogens with one attached hydrogen (secondary N) is 2. The molecule has 1 aromatic carbocycles. The predicted molar refractivity (Wildman–Crippen MR) is 85.7 cm³/mol. The van der Waals surface area contributed by atoms with Gasteiger partial charge in [-0.3, -0.25) is 0 Å². The van der Waals surface area contributed by atoms with Crippen molar-refractivity contribution in [1.29, 1.82) is 0 Å². The molecule has 0 fully saturated rings. The molecule has 3 rings (SSSR count). The fraction of sp³-hybridized carbons (Fsp3) is 0.0714. The van der Waals surface area contributed by atoms with Crippen molar-refractivity contribution in [1.82, 2.24) is 15.1 Å². The smallest absolute Gasteiger partial charge is 0.175 e. The van der Waals surface area contributed by atoms with Crippen LogP contribution in [0.15, 0.2) is 41.2 Å². The minimum absolute atomic E-state index is 0.350. The highest BCUT2D eigenvalue weighted by atomic mass is 35.5. The summed E-state index contributed by atoms with van der Waals surface area (Å²) >= 11 is 6.11. The monoisotopic (exact) mass is 316 g/mol. The Morgan fingerprint density at radius 3 is 2.55 bits per heavy atom. The Labute approximate surface area is 131 Å². The van der Waals surface area contributed by atoms with Crippen LogP contribution < -0.4 is 16.4 Å². The first-order chi connectivity index (χ1) is 10.6.